The second-order valence-electron chi connectivity index (χ2n) is 5.88. The van der Waals surface area contributed by atoms with Crippen LogP contribution in [-0.4, -0.2) is 34.4 Å². The van der Waals surface area contributed by atoms with Gasteiger partial charge in [-0.05, 0) is 38.1 Å². The number of ether oxygens (including phenoxy) is 1. The highest BCUT2D eigenvalue weighted by atomic mass is 32.2. The molecule has 3 aromatic rings. The molecule has 27 heavy (non-hydrogen) atoms. The highest BCUT2D eigenvalue weighted by molar-refractivity contribution is 8.00. The van der Waals surface area contributed by atoms with E-state index >= 15 is 0 Å². The van der Waals surface area contributed by atoms with Gasteiger partial charge in [-0.3, -0.25) is 14.2 Å². The summed E-state index contributed by atoms with van der Waals surface area (Å²) in [6, 6.07) is 14.5. The van der Waals surface area contributed by atoms with Crippen molar-refractivity contribution >= 4 is 28.6 Å². The Balaban J connectivity index is 2.22. The van der Waals surface area contributed by atoms with Gasteiger partial charge in [-0.15, -0.1) is 0 Å². The summed E-state index contributed by atoms with van der Waals surface area (Å²) in [7, 11) is 1.56. The molecule has 0 saturated carbocycles. The summed E-state index contributed by atoms with van der Waals surface area (Å²) in [4.78, 5) is 30.1. The molecule has 2 aromatic carbocycles. The minimum absolute atomic E-state index is 0.100. The maximum Gasteiger partial charge on any atom is 0.266 e. The molecule has 1 heterocycles. The van der Waals surface area contributed by atoms with Gasteiger partial charge in [0, 0.05) is 6.54 Å². The fourth-order valence-corrected chi connectivity index (χ4v) is 3.69. The Morgan fingerprint density at radius 3 is 2.67 bits per heavy atom. The van der Waals surface area contributed by atoms with Gasteiger partial charge in [0.2, 0.25) is 5.91 Å². The zero-order chi connectivity index (χ0) is 19.4. The van der Waals surface area contributed by atoms with E-state index in [1.54, 1.807) is 38.3 Å². The number of carbonyl (C=O) groups is 1. The van der Waals surface area contributed by atoms with Crippen LogP contribution in [0.4, 0.5) is 0 Å². The molecule has 0 aliphatic rings. The number of nitrogens with one attached hydrogen (secondary N) is 1. The number of hydrogen-bond donors (Lipinski definition) is 1. The Labute approximate surface area is 161 Å². The molecule has 1 amide bonds. The fourth-order valence-electron chi connectivity index (χ4n) is 2.75. The smallest absolute Gasteiger partial charge is 0.266 e. The molecule has 1 N–H and O–H groups in total. The van der Waals surface area contributed by atoms with Crippen molar-refractivity contribution in [3.8, 4) is 11.4 Å². The molecule has 0 unspecified atom stereocenters. The van der Waals surface area contributed by atoms with Gasteiger partial charge in [0.25, 0.3) is 5.56 Å². The molecule has 0 spiro atoms. The molecule has 0 fully saturated rings. The monoisotopic (exact) mass is 383 g/mol. The van der Waals surface area contributed by atoms with Crippen molar-refractivity contribution in [3.63, 3.8) is 0 Å². The number of para-hydroxylation sites is 3. The summed E-state index contributed by atoms with van der Waals surface area (Å²) in [5, 5.41) is 3.35. The molecule has 0 aliphatic heterocycles. The first-order valence-corrected chi connectivity index (χ1v) is 9.54. The third kappa shape index (κ3) is 3.83. The number of aromatic nitrogens is 2. The molecule has 6 nitrogen and oxygen atoms in total. The van der Waals surface area contributed by atoms with Crippen molar-refractivity contribution in [3.05, 3.63) is 58.9 Å². The van der Waals surface area contributed by atoms with Crippen LogP contribution in [-0.2, 0) is 4.79 Å². The normalized spacial score (nSPS) is 12.0. The first-order chi connectivity index (χ1) is 13.1. The molecule has 0 bridgehead atoms. The van der Waals surface area contributed by atoms with E-state index in [1.807, 2.05) is 31.2 Å². The Kier molecular flexibility index (Phi) is 5.81. The molecule has 0 aliphatic carbocycles. The van der Waals surface area contributed by atoms with Crippen LogP contribution in [0.5, 0.6) is 5.75 Å². The summed E-state index contributed by atoms with van der Waals surface area (Å²) in [6.07, 6.45) is 0. The number of methoxy groups -OCH3 is 1. The fraction of sp³-hybridized carbons (Fsp3) is 0.250. The molecule has 7 heteroatoms. The van der Waals surface area contributed by atoms with Gasteiger partial charge < -0.3 is 10.1 Å². The van der Waals surface area contributed by atoms with Crippen LogP contribution in [0, 0.1) is 0 Å². The van der Waals surface area contributed by atoms with Crippen LogP contribution in [0.3, 0.4) is 0 Å². The topological polar surface area (TPSA) is 73.2 Å². The zero-order valence-corrected chi connectivity index (χ0v) is 16.2. The van der Waals surface area contributed by atoms with E-state index in [9.17, 15) is 9.59 Å². The Bertz CT molecular complexity index is 1030. The number of carbonyl (C=O) groups excluding carboxylic acids is 1. The number of benzene rings is 2. The summed E-state index contributed by atoms with van der Waals surface area (Å²) in [5.41, 5.74) is 0.990. The van der Waals surface area contributed by atoms with Gasteiger partial charge in [-0.25, -0.2) is 4.98 Å². The lowest BCUT2D eigenvalue weighted by Gasteiger charge is -2.17. The Morgan fingerprint density at radius 1 is 1.22 bits per heavy atom. The highest BCUT2D eigenvalue weighted by Gasteiger charge is 2.21. The number of amides is 1. The van der Waals surface area contributed by atoms with Crippen LogP contribution in [0.25, 0.3) is 16.6 Å². The van der Waals surface area contributed by atoms with E-state index in [1.165, 1.54) is 16.3 Å². The van der Waals surface area contributed by atoms with Crippen molar-refractivity contribution in [1.29, 1.82) is 0 Å². The average molecular weight is 383 g/mol. The quantitative estimate of drug-likeness (QED) is 0.523. The summed E-state index contributed by atoms with van der Waals surface area (Å²) in [5.74, 6) is 0.459. The first kappa shape index (κ1) is 19.0. The van der Waals surface area contributed by atoms with E-state index in [4.69, 9.17) is 4.74 Å². The Hall–Kier alpha value is -2.80. The lowest BCUT2D eigenvalue weighted by Crippen LogP contribution is -2.31. The third-order valence-corrected chi connectivity index (χ3v) is 5.13. The van der Waals surface area contributed by atoms with E-state index < -0.39 is 5.25 Å². The summed E-state index contributed by atoms with van der Waals surface area (Å²) >= 11 is 1.25. The molecule has 1 atom stereocenters. The first-order valence-electron chi connectivity index (χ1n) is 8.66. The number of thioether (sulfide) groups is 1. The lowest BCUT2D eigenvalue weighted by atomic mass is 10.2. The van der Waals surface area contributed by atoms with Gasteiger partial charge in [0.15, 0.2) is 5.16 Å². The molecule has 140 valence electrons. The largest absolute Gasteiger partial charge is 0.495 e. The Morgan fingerprint density at radius 2 is 1.93 bits per heavy atom. The molecule has 1 aromatic heterocycles. The van der Waals surface area contributed by atoms with Crippen LogP contribution in [0.2, 0.25) is 0 Å². The molecule has 0 saturated heterocycles. The predicted molar refractivity (Wildman–Crippen MR) is 108 cm³/mol. The highest BCUT2D eigenvalue weighted by Crippen LogP contribution is 2.29. The van der Waals surface area contributed by atoms with Crippen LogP contribution >= 0.6 is 11.8 Å². The van der Waals surface area contributed by atoms with Gasteiger partial charge in [-0.1, -0.05) is 36.0 Å². The van der Waals surface area contributed by atoms with Crippen LogP contribution < -0.4 is 15.6 Å². The zero-order valence-electron chi connectivity index (χ0n) is 15.4. The maximum atomic E-state index is 13.2. The van der Waals surface area contributed by atoms with Gasteiger partial charge >= 0.3 is 0 Å². The van der Waals surface area contributed by atoms with E-state index in [-0.39, 0.29) is 11.5 Å². The number of hydrogen-bond acceptors (Lipinski definition) is 5. The standard InChI is InChI=1S/C20H21N3O3S/c1-4-21-18(24)13(2)27-20-22-15-10-6-5-9-14(15)19(25)23(20)16-11-7-8-12-17(16)26-3/h5-13H,4H2,1-3H3,(H,21,24)/t13-/m1/s1. The second-order valence-corrected chi connectivity index (χ2v) is 7.19. The van der Waals surface area contributed by atoms with E-state index in [2.05, 4.69) is 10.3 Å². The predicted octanol–water partition coefficient (Wildman–Crippen LogP) is 3.01. The van der Waals surface area contributed by atoms with Crippen LogP contribution in [0.1, 0.15) is 13.8 Å². The van der Waals surface area contributed by atoms with Crippen molar-refractivity contribution in [1.82, 2.24) is 14.9 Å². The lowest BCUT2D eigenvalue weighted by molar-refractivity contribution is -0.120. The van der Waals surface area contributed by atoms with E-state index in [0.29, 0.717) is 34.0 Å². The molecular weight excluding hydrogens is 362 g/mol. The van der Waals surface area contributed by atoms with Gasteiger partial charge in [0.05, 0.1) is 29.0 Å². The number of fused-ring (bicyclic) bond motifs is 1. The second kappa shape index (κ2) is 8.26. The van der Waals surface area contributed by atoms with Gasteiger partial charge in [-0.2, -0.15) is 0 Å². The molecular formula is C20H21N3O3S. The number of nitrogens with zero attached hydrogens (tertiary/aromatic N) is 2. The van der Waals surface area contributed by atoms with Crippen molar-refractivity contribution in [2.75, 3.05) is 13.7 Å². The maximum absolute atomic E-state index is 13.2. The summed E-state index contributed by atoms with van der Waals surface area (Å²) < 4.78 is 6.95. The van der Waals surface area contributed by atoms with Crippen LogP contribution in [0.15, 0.2) is 58.5 Å². The molecule has 3 rings (SSSR count). The molecule has 0 radical (unpaired) electrons. The van der Waals surface area contributed by atoms with Crippen molar-refractivity contribution in [2.24, 2.45) is 0 Å². The van der Waals surface area contributed by atoms with Crippen molar-refractivity contribution in [2.45, 2.75) is 24.3 Å². The minimum atomic E-state index is -0.404. The van der Waals surface area contributed by atoms with Gasteiger partial charge in [0.1, 0.15) is 5.75 Å². The van der Waals surface area contributed by atoms with Crippen molar-refractivity contribution < 1.29 is 9.53 Å². The third-order valence-electron chi connectivity index (χ3n) is 4.07. The van der Waals surface area contributed by atoms with E-state index in [0.717, 1.165) is 0 Å². The summed E-state index contributed by atoms with van der Waals surface area (Å²) in [6.45, 7) is 4.21. The SMILES string of the molecule is CCNC(=O)[C@@H](C)Sc1nc2ccccc2c(=O)n1-c1ccccc1OC. The minimum Gasteiger partial charge on any atom is -0.495 e. The average Bonchev–Trinajstić information content (AvgIpc) is 2.68. The number of rotatable bonds is 6.